The molecule has 22 heavy (non-hydrogen) atoms. The Morgan fingerprint density at radius 3 is 2.64 bits per heavy atom. The van der Waals surface area contributed by atoms with Gasteiger partial charge in [-0.25, -0.2) is 0 Å². The maximum atomic E-state index is 12.2. The number of likely N-dealkylation sites (tertiary alicyclic amines) is 1. The van der Waals surface area contributed by atoms with Crippen molar-refractivity contribution in [2.45, 2.75) is 31.6 Å². The van der Waals surface area contributed by atoms with Crippen LogP contribution in [0, 0.1) is 0 Å². The monoisotopic (exact) mass is 301 g/mol. The van der Waals surface area contributed by atoms with Crippen LogP contribution in [0.3, 0.4) is 0 Å². The van der Waals surface area contributed by atoms with Crippen molar-refractivity contribution in [3.05, 3.63) is 35.4 Å². The average Bonchev–Trinajstić information content (AvgIpc) is 3.09. The lowest BCUT2D eigenvalue weighted by Crippen LogP contribution is -2.33. The molecule has 4 nitrogen and oxygen atoms in total. The number of carbonyl (C=O) groups is 1. The molecule has 0 aliphatic carbocycles. The lowest BCUT2D eigenvalue weighted by molar-refractivity contribution is 0.0949. The molecule has 2 aliphatic heterocycles. The van der Waals surface area contributed by atoms with Crippen molar-refractivity contribution in [2.75, 3.05) is 39.3 Å². The van der Waals surface area contributed by atoms with Crippen molar-refractivity contribution in [1.29, 1.82) is 0 Å². The normalized spacial score (nSPS) is 22.6. The molecule has 0 aromatic heterocycles. The Labute approximate surface area is 133 Å². The van der Waals surface area contributed by atoms with Crippen LogP contribution in [-0.2, 0) is 0 Å². The summed E-state index contributed by atoms with van der Waals surface area (Å²) in [6.07, 6.45) is 5.08. The highest BCUT2D eigenvalue weighted by atomic mass is 16.1. The minimum atomic E-state index is 0.0486. The fourth-order valence-corrected chi connectivity index (χ4v) is 3.48. The van der Waals surface area contributed by atoms with E-state index in [0.29, 0.717) is 5.92 Å². The van der Waals surface area contributed by atoms with Gasteiger partial charge in [0.2, 0.25) is 0 Å². The number of benzene rings is 1. The van der Waals surface area contributed by atoms with E-state index in [9.17, 15) is 4.79 Å². The molecule has 2 aliphatic rings. The molecule has 2 fully saturated rings. The van der Waals surface area contributed by atoms with Gasteiger partial charge in [-0.05, 0) is 68.9 Å². The van der Waals surface area contributed by atoms with E-state index in [-0.39, 0.29) is 5.91 Å². The third-order valence-electron chi connectivity index (χ3n) is 4.85. The molecule has 4 heteroatoms. The van der Waals surface area contributed by atoms with Crippen LogP contribution < -0.4 is 10.6 Å². The zero-order chi connectivity index (χ0) is 15.2. The molecule has 1 aromatic rings. The Kier molecular flexibility index (Phi) is 5.46. The topological polar surface area (TPSA) is 44.4 Å². The van der Waals surface area contributed by atoms with E-state index >= 15 is 0 Å². The van der Waals surface area contributed by atoms with Crippen LogP contribution >= 0.6 is 0 Å². The third-order valence-corrected chi connectivity index (χ3v) is 4.85. The molecular formula is C18H27N3O. The summed E-state index contributed by atoms with van der Waals surface area (Å²) in [5.74, 6) is 0.647. The van der Waals surface area contributed by atoms with Gasteiger partial charge in [-0.2, -0.15) is 0 Å². The maximum Gasteiger partial charge on any atom is 0.251 e. The largest absolute Gasteiger partial charge is 0.351 e. The number of amides is 1. The second-order valence-corrected chi connectivity index (χ2v) is 6.47. The van der Waals surface area contributed by atoms with Crippen LogP contribution in [0.5, 0.6) is 0 Å². The van der Waals surface area contributed by atoms with E-state index in [0.717, 1.165) is 31.7 Å². The predicted molar refractivity (Wildman–Crippen MR) is 89.3 cm³/mol. The molecule has 0 spiro atoms. The number of hydrogen-bond donors (Lipinski definition) is 2. The first kappa shape index (κ1) is 15.5. The van der Waals surface area contributed by atoms with Gasteiger partial charge in [0.1, 0.15) is 0 Å². The first-order valence-corrected chi connectivity index (χ1v) is 8.64. The Hall–Kier alpha value is -1.39. The van der Waals surface area contributed by atoms with Gasteiger partial charge >= 0.3 is 0 Å². The Balaban J connectivity index is 1.47. The molecule has 1 aromatic carbocycles. The summed E-state index contributed by atoms with van der Waals surface area (Å²) in [6, 6.07) is 8.17. The molecule has 0 unspecified atom stereocenters. The van der Waals surface area contributed by atoms with Crippen molar-refractivity contribution in [1.82, 2.24) is 15.5 Å². The Morgan fingerprint density at radius 1 is 1.18 bits per heavy atom. The number of nitrogens with zero attached hydrogens (tertiary/aromatic N) is 1. The van der Waals surface area contributed by atoms with Crippen LogP contribution in [0.4, 0.5) is 0 Å². The summed E-state index contributed by atoms with van der Waals surface area (Å²) < 4.78 is 0. The predicted octanol–water partition coefficient (Wildman–Crippen LogP) is 1.98. The van der Waals surface area contributed by atoms with Gasteiger partial charge in [-0.15, -0.1) is 0 Å². The lowest BCUT2D eigenvalue weighted by atomic mass is 9.91. The molecule has 120 valence electrons. The van der Waals surface area contributed by atoms with Gasteiger partial charge < -0.3 is 15.5 Å². The molecule has 3 rings (SSSR count). The quantitative estimate of drug-likeness (QED) is 0.874. The first-order chi connectivity index (χ1) is 10.8. The molecular weight excluding hydrogens is 274 g/mol. The van der Waals surface area contributed by atoms with Gasteiger partial charge in [0.15, 0.2) is 0 Å². The molecule has 2 heterocycles. The maximum absolute atomic E-state index is 12.2. The Morgan fingerprint density at radius 2 is 1.95 bits per heavy atom. The number of nitrogens with one attached hydrogen (secondary N) is 2. The minimum Gasteiger partial charge on any atom is -0.351 e. The van der Waals surface area contributed by atoms with Gasteiger partial charge in [-0.1, -0.05) is 12.1 Å². The summed E-state index contributed by atoms with van der Waals surface area (Å²) in [6.45, 7) is 6.26. The van der Waals surface area contributed by atoms with Gasteiger partial charge in [-0.3, -0.25) is 4.79 Å². The SMILES string of the molecule is O=C(NCCN1CCCC1)c1ccc([C@H]2CCCNC2)cc1. The van der Waals surface area contributed by atoms with Gasteiger partial charge in [0.05, 0.1) is 0 Å². The van der Waals surface area contributed by atoms with Gasteiger partial charge in [0.25, 0.3) is 5.91 Å². The third kappa shape index (κ3) is 4.08. The van der Waals surface area contributed by atoms with Crippen LogP contribution in [0.2, 0.25) is 0 Å². The minimum absolute atomic E-state index is 0.0486. The smallest absolute Gasteiger partial charge is 0.251 e. The zero-order valence-electron chi connectivity index (χ0n) is 13.3. The molecule has 0 bridgehead atoms. The van der Waals surface area contributed by atoms with Crippen LogP contribution in [0.1, 0.15) is 47.5 Å². The van der Waals surface area contributed by atoms with E-state index in [1.54, 1.807) is 0 Å². The molecule has 1 atom stereocenters. The summed E-state index contributed by atoms with van der Waals surface area (Å²) in [4.78, 5) is 14.6. The summed E-state index contributed by atoms with van der Waals surface area (Å²) in [7, 11) is 0. The highest BCUT2D eigenvalue weighted by Crippen LogP contribution is 2.23. The molecule has 2 saturated heterocycles. The fraction of sp³-hybridized carbons (Fsp3) is 0.611. The van der Waals surface area contributed by atoms with Crippen LogP contribution in [0.15, 0.2) is 24.3 Å². The highest BCUT2D eigenvalue weighted by Gasteiger charge is 2.16. The van der Waals surface area contributed by atoms with Crippen molar-refractivity contribution < 1.29 is 4.79 Å². The Bertz CT molecular complexity index is 474. The first-order valence-electron chi connectivity index (χ1n) is 8.64. The summed E-state index contributed by atoms with van der Waals surface area (Å²) in [5, 5.41) is 6.47. The molecule has 0 saturated carbocycles. The number of rotatable bonds is 5. The van der Waals surface area contributed by atoms with Crippen LogP contribution in [-0.4, -0.2) is 50.1 Å². The lowest BCUT2D eigenvalue weighted by Gasteiger charge is -2.23. The van der Waals surface area contributed by atoms with Crippen molar-refractivity contribution >= 4 is 5.91 Å². The number of piperidine rings is 1. The van der Waals surface area contributed by atoms with E-state index in [2.05, 4.69) is 27.7 Å². The van der Waals surface area contributed by atoms with Crippen molar-refractivity contribution in [3.8, 4) is 0 Å². The van der Waals surface area contributed by atoms with E-state index < -0.39 is 0 Å². The molecule has 0 radical (unpaired) electrons. The van der Waals surface area contributed by atoms with E-state index in [4.69, 9.17) is 0 Å². The van der Waals surface area contributed by atoms with Gasteiger partial charge in [0, 0.05) is 25.2 Å². The molecule has 1 amide bonds. The summed E-state index contributed by atoms with van der Waals surface area (Å²) in [5.41, 5.74) is 2.12. The van der Waals surface area contributed by atoms with Crippen molar-refractivity contribution in [3.63, 3.8) is 0 Å². The van der Waals surface area contributed by atoms with Crippen molar-refractivity contribution in [2.24, 2.45) is 0 Å². The second-order valence-electron chi connectivity index (χ2n) is 6.47. The zero-order valence-corrected chi connectivity index (χ0v) is 13.3. The van der Waals surface area contributed by atoms with E-state index in [1.165, 1.54) is 44.3 Å². The number of hydrogen-bond acceptors (Lipinski definition) is 3. The fourth-order valence-electron chi connectivity index (χ4n) is 3.48. The summed E-state index contributed by atoms with van der Waals surface area (Å²) >= 11 is 0. The standard InChI is InChI=1S/C18H27N3O/c22-18(20-10-13-21-11-1-2-12-21)16-7-5-15(6-8-16)17-4-3-9-19-14-17/h5-8,17,19H,1-4,9-14H2,(H,20,22)/t17-/m0/s1. The molecule has 2 N–H and O–H groups in total. The number of carbonyl (C=O) groups excluding carboxylic acids is 1. The second kappa shape index (κ2) is 7.75. The average molecular weight is 301 g/mol. The van der Waals surface area contributed by atoms with Crippen LogP contribution in [0.25, 0.3) is 0 Å². The van der Waals surface area contributed by atoms with E-state index in [1.807, 2.05) is 12.1 Å². The highest BCUT2D eigenvalue weighted by molar-refractivity contribution is 5.94.